The minimum Gasteiger partial charge on any atom is -0.496 e. The van der Waals surface area contributed by atoms with Gasteiger partial charge in [0, 0.05) is 16.0 Å². The lowest BCUT2D eigenvalue weighted by molar-refractivity contribution is -0.115. The predicted molar refractivity (Wildman–Crippen MR) is 131 cm³/mol. The molecule has 2 aromatic heterocycles. The highest BCUT2D eigenvalue weighted by molar-refractivity contribution is 7.17. The molecule has 5 rings (SSSR count). The zero-order chi connectivity index (χ0) is 22.9. The number of anilines is 1. The number of para-hydroxylation sites is 2. The summed E-state index contributed by atoms with van der Waals surface area (Å²) in [7, 11) is 1.57. The monoisotopic (exact) mass is 459 g/mol. The van der Waals surface area contributed by atoms with Crippen molar-refractivity contribution in [3.63, 3.8) is 0 Å². The molecule has 7 heteroatoms. The number of H-pyrrole nitrogens is 1. The van der Waals surface area contributed by atoms with Gasteiger partial charge in [-0.15, -0.1) is 11.3 Å². The first-order valence-corrected chi connectivity index (χ1v) is 11.9. The molecule has 0 radical (unpaired) electrons. The van der Waals surface area contributed by atoms with E-state index in [4.69, 9.17) is 9.72 Å². The summed E-state index contributed by atoms with van der Waals surface area (Å²) in [4.78, 5) is 34.5. The van der Waals surface area contributed by atoms with Crippen LogP contribution in [0.25, 0.3) is 22.4 Å². The van der Waals surface area contributed by atoms with Crippen LogP contribution in [0, 0.1) is 0 Å². The molecular weight excluding hydrogens is 434 g/mol. The smallest absolute Gasteiger partial charge is 0.229 e. The number of aromatic amines is 1. The number of ether oxygens (including phenoxy) is 1. The van der Waals surface area contributed by atoms with Crippen molar-refractivity contribution in [1.82, 2.24) is 9.97 Å². The number of carbonyl (C=O) groups excluding carboxylic acids is 2. The molecule has 1 amide bonds. The van der Waals surface area contributed by atoms with Crippen LogP contribution in [0.4, 0.5) is 5.00 Å². The van der Waals surface area contributed by atoms with E-state index in [0.717, 1.165) is 53.1 Å². The van der Waals surface area contributed by atoms with E-state index in [1.807, 2.05) is 24.3 Å². The molecule has 0 unspecified atom stereocenters. The number of fused-ring (bicyclic) bond motifs is 2. The van der Waals surface area contributed by atoms with Gasteiger partial charge in [-0.2, -0.15) is 0 Å². The van der Waals surface area contributed by atoms with Crippen LogP contribution in [0.3, 0.4) is 0 Å². The number of carbonyl (C=O) groups is 2. The first-order valence-electron chi connectivity index (χ1n) is 11.1. The number of nitrogens with zero attached hydrogens (tertiary/aromatic N) is 1. The number of benzene rings is 2. The lowest BCUT2D eigenvalue weighted by atomic mass is 9.95. The number of imidazole rings is 1. The number of thiophene rings is 1. The van der Waals surface area contributed by atoms with E-state index in [1.54, 1.807) is 36.6 Å². The maximum absolute atomic E-state index is 13.1. The first kappa shape index (κ1) is 21.4. The van der Waals surface area contributed by atoms with Gasteiger partial charge in [0.2, 0.25) is 5.91 Å². The van der Waals surface area contributed by atoms with Gasteiger partial charge in [-0.3, -0.25) is 9.59 Å². The molecule has 0 saturated carbocycles. The fraction of sp³-hybridized carbons (Fsp3) is 0.269. The summed E-state index contributed by atoms with van der Waals surface area (Å²) >= 11 is 1.65. The lowest BCUT2D eigenvalue weighted by Gasteiger charge is -2.12. The molecule has 1 aliphatic rings. The average Bonchev–Trinajstić information content (AvgIpc) is 3.39. The highest BCUT2D eigenvalue weighted by atomic mass is 32.1. The van der Waals surface area contributed by atoms with Crippen LogP contribution >= 0.6 is 11.3 Å². The minimum absolute atomic E-state index is 0.0441. The van der Waals surface area contributed by atoms with Gasteiger partial charge in [0.05, 0.1) is 30.1 Å². The number of amides is 1. The topological polar surface area (TPSA) is 84.1 Å². The molecule has 168 valence electrons. The molecule has 33 heavy (non-hydrogen) atoms. The number of hydrogen-bond donors (Lipinski definition) is 2. The van der Waals surface area contributed by atoms with Crippen LogP contribution in [0.1, 0.15) is 46.1 Å². The van der Waals surface area contributed by atoms with Crippen molar-refractivity contribution in [3.8, 4) is 17.1 Å². The average molecular weight is 460 g/mol. The second kappa shape index (κ2) is 8.83. The van der Waals surface area contributed by atoms with Crippen molar-refractivity contribution in [2.75, 3.05) is 12.4 Å². The fourth-order valence-corrected chi connectivity index (χ4v) is 5.76. The first-order chi connectivity index (χ1) is 16.0. The van der Waals surface area contributed by atoms with E-state index >= 15 is 0 Å². The Morgan fingerprint density at radius 2 is 1.97 bits per heavy atom. The number of aryl methyl sites for hydroxylation is 1. The molecule has 0 spiro atoms. The number of Topliss-reactive ketones (excluding diaryl/α,β-unsaturated/α-hetero) is 1. The predicted octanol–water partition coefficient (Wildman–Crippen LogP) is 5.56. The van der Waals surface area contributed by atoms with Gasteiger partial charge in [-0.05, 0) is 68.5 Å². The third-order valence-corrected chi connectivity index (χ3v) is 7.30. The molecular formula is C26H25N3O3S. The highest BCUT2D eigenvalue weighted by Crippen LogP contribution is 2.43. The Bertz CT molecular complexity index is 1340. The van der Waals surface area contributed by atoms with Gasteiger partial charge in [-0.25, -0.2) is 4.98 Å². The van der Waals surface area contributed by atoms with Gasteiger partial charge in [0.25, 0.3) is 0 Å². The molecule has 1 aliphatic carbocycles. The highest BCUT2D eigenvalue weighted by Gasteiger charge is 2.25. The number of methoxy groups -OCH3 is 1. The molecule has 2 heterocycles. The van der Waals surface area contributed by atoms with Gasteiger partial charge < -0.3 is 15.0 Å². The molecule has 0 fully saturated rings. The van der Waals surface area contributed by atoms with Crippen molar-refractivity contribution < 1.29 is 14.3 Å². The lowest BCUT2D eigenvalue weighted by Crippen LogP contribution is -2.15. The molecule has 0 saturated heterocycles. The van der Waals surface area contributed by atoms with E-state index in [0.29, 0.717) is 16.9 Å². The standard InChI is InChI=1S/C26H25N3O3S/c1-15(30)16-11-12-21(32-2)17(13-16)14-23(31)29-26-24(18-7-3-6-10-22(18)33-26)25-27-19-8-4-5-9-20(19)28-25/h4-5,8-9,11-13H,3,6-7,10,14H2,1-2H3,(H,27,28)(H,29,31). The van der Waals surface area contributed by atoms with Crippen molar-refractivity contribution >= 4 is 39.1 Å². The SMILES string of the molecule is COc1ccc(C(C)=O)cc1CC(=O)Nc1sc2c(c1-c1nc3ccccc3[nH]1)CCCC2. The number of rotatable bonds is 6. The number of nitrogens with one attached hydrogen (secondary N) is 2. The largest absolute Gasteiger partial charge is 0.496 e. The molecule has 6 nitrogen and oxygen atoms in total. The summed E-state index contributed by atoms with van der Waals surface area (Å²) < 4.78 is 5.42. The van der Waals surface area contributed by atoms with Crippen molar-refractivity contribution in [2.45, 2.75) is 39.0 Å². The molecule has 2 aromatic carbocycles. The Morgan fingerprint density at radius 3 is 2.76 bits per heavy atom. The summed E-state index contributed by atoms with van der Waals surface area (Å²) in [5.74, 6) is 1.20. The number of ketones is 1. The molecule has 0 bridgehead atoms. The normalized spacial score (nSPS) is 13.0. The molecule has 0 atom stereocenters. The number of hydrogen-bond acceptors (Lipinski definition) is 5. The minimum atomic E-state index is -0.148. The van der Waals surface area contributed by atoms with Crippen LogP contribution in [0.15, 0.2) is 42.5 Å². The van der Waals surface area contributed by atoms with Gasteiger partial charge in [-0.1, -0.05) is 12.1 Å². The summed E-state index contributed by atoms with van der Waals surface area (Å²) in [6.07, 6.45) is 4.43. The second-order valence-electron chi connectivity index (χ2n) is 8.33. The van der Waals surface area contributed by atoms with Crippen molar-refractivity contribution in [1.29, 1.82) is 0 Å². The summed E-state index contributed by atoms with van der Waals surface area (Å²) in [5, 5.41) is 3.96. The Balaban J connectivity index is 1.49. The van der Waals surface area contributed by atoms with E-state index in [-0.39, 0.29) is 18.1 Å². The third kappa shape index (κ3) is 4.16. The summed E-state index contributed by atoms with van der Waals surface area (Å²) in [5.41, 5.74) is 5.43. The quantitative estimate of drug-likeness (QED) is 0.370. The maximum atomic E-state index is 13.1. The van der Waals surface area contributed by atoms with Crippen LogP contribution in [-0.2, 0) is 24.1 Å². The number of aromatic nitrogens is 2. The Hall–Kier alpha value is -3.45. The third-order valence-electron chi connectivity index (χ3n) is 6.09. The van der Waals surface area contributed by atoms with Crippen LogP contribution in [-0.4, -0.2) is 28.8 Å². The molecule has 2 N–H and O–H groups in total. The molecule has 0 aliphatic heterocycles. The Morgan fingerprint density at radius 1 is 1.15 bits per heavy atom. The van der Waals surface area contributed by atoms with E-state index in [9.17, 15) is 9.59 Å². The van der Waals surface area contributed by atoms with Gasteiger partial charge in [0.1, 0.15) is 16.6 Å². The van der Waals surface area contributed by atoms with Crippen molar-refractivity contribution in [3.05, 3.63) is 64.0 Å². The Kier molecular flexibility index (Phi) is 5.72. The maximum Gasteiger partial charge on any atom is 0.229 e. The summed E-state index contributed by atoms with van der Waals surface area (Å²) in [6, 6.07) is 13.1. The van der Waals surface area contributed by atoms with Crippen molar-refractivity contribution in [2.24, 2.45) is 0 Å². The Labute approximate surface area is 196 Å². The van der Waals surface area contributed by atoms with Crippen LogP contribution < -0.4 is 10.1 Å². The van der Waals surface area contributed by atoms with E-state index in [1.165, 1.54) is 17.4 Å². The fourth-order valence-electron chi connectivity index (χ4n) is 4.46. The summed E-state index contributed by atoms with van der Waals surface area (Å²) in [6.45, 7) is 1.52. The molecule has 4 aromatic rings. The van der Waals surface area contributed by atoms with Crippen LogP contribution in [0.2, 0.25) is 0 Å². The van der Waals surface area contributed by atoms with Crippen LogP contribution in [0.5, 0.6) is 5.75 Å². The van der Waals surface area contributed by atoms with Gasteiger partial charge in [0.15, 0.2) is 5.78 Å². The zero-order valence-electron chi connectivity index (χ0n) is 18.7. The second-order valence-corrected chi connectivity index (χ2v) is 9.43. The zero-order valence-corrected chi connectivity index (χ0v) is 19.5. The van der Waals surface area contributed by atoms with Gasteiger partial charge >= 0.3 is 0 Å². The van der Waals surface area contributed by atoms with E-state index in [2.05, 4.69) is 10.3 Å². The van der Waals surface area contributed by atoms with E-state index < -0.39 is 0 Å².